The lowest BCUT2D eigenvalue weighted by molar-refractivity contribution is -0.0610. The lowest BCUT2D eigenvalue weighted by Crippen LogP contribution is -2.49. The Hall–Kier alpha value is -1.81. The minimum Gasteiger partial charge on any atom is -0.444 e. The topological polar surface area (TPSA) is 38.8 Å². The van der Waals surface area contributed by atoms with E-state index in [2.05, 4.69) is 0 Å². The molecule has 1 atom stereocenters. The zero-order chi connectivity index (χ0) is 16.4. The molecule has 0 spiro atoms. The third-order valence-electron chi connectivity index (χ3n) is 3.42. The Bertz CT molecular complexity index is 543. The number of hydrogen-bond acceptors (Lipinski definition) is 3. The quantitative estimate of drug-likeness (QED) is 0.826. The molecule has 4 heteroatoms. The molecule has 0 bridgehead atoms. The van der Waals surface area contributed by atoms with Crippen LogP contribution in [0.5, 0.6) is 0 Å². The highest BCUT2D eigenvalue weighted by atomic mass is 16.6. The minimum atomic E-state index is -0.673. The molecule has 1 amide bonds. The first-order valence-electron chi connectivity index (χ1n) is 7.58. The molecule has 1 aliphatic heterocycles. The van der Waals surface area contributed by atoms with E-state index in [0.29, 0.717) is 6.61 Å². The highest BCUT2D eigenvalue weighted by molar-refractivity contribution is 5.70. The summed E-state index contributed by atoms with van der Waals surface area (Å²) in [5, 5.41) is 0. The highest BCUT2D eigenvalue weighted by Crippen LogP contribution is 2.30. The fraction of sp³-hybridized carbons (Fsp3) is 0.500. The van der Waals surface area contributed by atoms with E-state index in [1.165, 1.54) is 0 Å². The Morgan fingerprint density at radius 1 is 1.32 bits per heavy atom. The lowest BCUT2D eigenvalue weighted by atomic mass is 10.1. The summed E-state index contributed by atoms with van der Waals surface area (Å²) in [6.45, 7) is 9.83. The zero-order valence-corrected chi connectivity index (χ0v) is 14.0. The van der Waals surface area contributed by atoms with Crippen LogP contribution >= 0.6 is 0 Å². The van der Waals surface area contributed by atoms with E-state index in [-0.39, 0.29) is 12.1 Å². The van der Waals surface area contributed by atoms with E-state index >= 15 is 0 Å². The van der Waals surface area contributed by atoms with Crippen molar-refractivity contribution in [3.05, 3.63) is 42.0 Å². The Labute approximate surface area is 132 Å². The molecule has 1 aromatic carbocycles. The molecule has 2 rings (SSSR count). The average Bonchev–Trinajstić information content (AvgIpc) is 2.71. The third kappa shape index (κ3) is 4.10. The Kier molecular flexibility index (Phi) is 4.61. The van der Waals surface area contributed by atoms with E-state index in [4.69, 9.17) is 9.47 Å². The molecule has 4 nitrogen and oxygen atoms in total. The van der Waals surface area contributed by atoms with Gasteiger partial charge in [0.15, 0.2) is 0 Å². The van der Waals surface area contributed by atoms with Gasteiger partial charge in [0, 0.05) is 0 Å². The van der Waals surface area contributed by atoms with Gasteiger partial charge in [-0.2, -0.15) is 0 Å². The van der Waals surface area contributed by atoms with Crippen LogP contribution in [0.25, 0.3) is 6.08 Å². The van der Waals surface area contributed by atoms with Gasteiger partial charge in [0.05, 0.1) is 12.6 Å². The Morgan fingerprint density at radius 3 is 2.55 bits per heavy atom. The van der Waals surface area contributed by atoms with Crippen LogP contribution in [0.15, 0.2) is 36.4 Å². The third-order valence-corrected chi connectivity index (χ3v) is 3.42. The van der Waals surface area contributed by atoms with E-state index in [1.54, 1.807) is 4.90 Å². The number of carbonyl (C=O) groups is 1. The molecule has 0 aromatic heterocycles. The zero-order valence-electron chi connectivity index (χ0n) is 14.0. The van der Waals surface area contributed by atoms with Gasteiger partial charge in [-0.25, -0.2) is 4.79 Å². The largest absolute Gasteiger partial charge is 0.444 e. The van der Waals surface area contributed by atoms with Crippen molar-refractivity contribution in [3.63, 3.8) is 0 Å². The highest BCUT2D eigenvalue weighted by Gasteiger charge is 2.44. The maximum Gasteiger partial charge on any atom is 0.413 e. The number of nitrogens with zero attached hydrogens (tertiary/aromatic N) is 1. The maximum atomic E-state index is 12.5. The van der Waals surface area contributed by atoms with Crippen LogP contribution in [0.2, 0.25) is 0 Å². The summed E-state index contributed by atoms with van der Waals surface area (Å²) in [4.78, 5) is 14.2. The van der Waals surface area contributed by atoms with Gasteiger partial charge in [0.2, 0.25) is 0 Å². The Morgan fingerprint density at radius 2 is 1.95 bits per heavy atom. The number of ether oxygens (including phenoxy) is 2. The summed E-state index contributed by atoms with van der Waals surface area (Å²) >= 11 is 0. The first kappa shape index (κ1) is 16.6. The second-order valence-corrected chi connectivity index (χ2v) is 6.95. The average molecular weight is 303 g/mol. The molecule has 1 aliphatic rings. The maximum absolute atomic E-state index is 12.5. The standard InChI is InChI=1S/C18H25NO3/c1-17(2,3)22-16(20)19-15(13-21-18(19,4)5)12-11-14-9-7-6-8-10-14/h6-12,15H,13H2,1-5H3/b12-11+/t15-/m1/s1. The summed E-state index contributed by atoms with van der Waals surface area (Å²) in [5.41, 5.74) is -0.103. The molecule has 1 fully saturated rings. The molecule has 0 aliphatic carbocycles. The molecule has 0 unspecified atom stereocenters. The van der Waals surface area contributed by atoms with Crippen LogP contribution in [0.3, 0.4) is 0 Å². The number of rotatable bonds is 2. The van der Waals surface area contributed by atoms with Gasteiger partial charge in [0.25, 0.3) is 0 Å². The molecular formula is C18H25NO3. The van der Waals surface area contributed by atoms with Gasteiger partial charge < -0.3 is 9.47 Å². The van der Waals surface area contributed by atoms with Crippen LogP contribution in [0.4, 0.5) is 4.79 Å². The van der Waals surface area contributed by atoms with Gasteiger partial charge in [-0.3, -0.25) is 4.90 Å². The first-order chi connectivity index (χ1) is 10.2. The second kappa shape index (κ2) is 6.13. The normalized spacial score (nSPS) is 21.3. The molecule has 1 saturated heterocycles. The van der Waals surface area contributed by atoms with Crippen molar-refractivity contribution in [3.8, 4) is 0 Å². The van der Waals surface area contributed by atoms with Gasteiger partial charge in [-0.1, -0.05) is 42.5 Å². The van der Waals surface area contributed by atoms with Crippen molar-refractivity contribution in [1.29, 1.82) is 0 Å². The molecule has 1 heterocycles. The van der Waals surface area contributed by atoms with Gasteiger partial charge in [-0.15, -0.1) is 0 Å². The van der Waals surface area contributed by atoms with Crippen LogP contribution < -0.4 is 0 Å². The number of benzene rings is 1. The van der Waals surface area contributed by atoms with Crippen molar-refractivity contribution in [1.82, 2.24) is 4.90 Å². The molecule has 120 valence electrons. The van der Waals surface area contributed by atoms with Crippen molar-refractivity contribution >= 4 is 12.2 Å². The molecule has 0 saturated carbocycles. The molecule has 0 N–H and O–H groups in total. The molecule has 22 heavy (non-hydrogen) atoms. The van der Waals surface area contributed by atoms with Crippen molar-refractivity contribution in [2.24, 2.45) is 0 Å². The van der Waals surface area contributed by atoms with E-state index in [9.17, 15) is 4.79 Å². The predicted molar refractivity (Wildman–Crippen MR) is 87.4 cm³/mol. The van der Waals surface area contributed by atoms with E-state index in [0.717, 1.165) is 5.56 Å². The number of amides is 1. The van der Waals surface area contributed by atoms with Gasteiger partial charge in [-0.05, 0) is 40.2 Å². The van der Waals surface area contributed by atoms with Crippen LogP contribution in [-0.4, -0.2) is 35.0 Å². The summed E-state index contributed by atoms with van der Waals surface area (Å²) in [6.07, 6.45) is 3.65. The lowest BCUT2D eigenvalue weighted by Gasteiger charge is -2.34. The Balaban J connectivity index is 2.16. The SMILES string of the molecule is CC(C)(C)OC(=O)N1[C@H](/C=C/c2ccccc2)COC1(C)C. The molecule has 1 aromatic rings. The summed E-state index contributed by atoms with van der Waals surface area (Å²) in [7, 11) is 0. The van der Waals surface area contributed by atoms with Crippen molar-refractivity contribution in [2.45, 2.75) is 52.0 Å². The fourth-order valence-corrected chi connectivity index (χ4v) is 2.43. The van der Waals surface area contributed by atoms with Crippen LogP contribution in [0, 0.1) is 0 Å². The second-order valence-electron chi connectivity index (χ2n) is 6.95. The number of carbonyl (C=O) groups excluding carboxylic acids is 1. The fourth-order valence-electron chi connectivity index (χ4n) is 2.43. The summed E-state index contributed by atoms with van der Waals surface area (Å²) < 4.78 is 11.3. The van der Waals surface area contributed by atoms with Crippen LogP contribution in [-0.2, 0) is 9.47 Å². The summed E-state index contributed by atoms with van der Waals surface area (Å²) in [6, 6.07) is 9.86. The van der Waals surface area contributed by atoms with Crippen molar-refractivity contribution in [2.75, 3.05) is 6.61 Å². The van der Waals surface area contributed by atoms with E-state index in [1.807, 2.05) is 77.1 Å². The van der Waals surface area contributed by atoms with Gasteiger partial charge in [0.1, 0.15) is 11.3 Å². The first-order valence-corrected chi connectivity index (χ1v) is 7.58. The molecular weight excluding hydrogens is 278 g/mol. The molecule has 0 radical (unpaired) electrons. The van der Waals surface area contributed by atoms with E-state index < -0.39 is 11.3 Å². The predicted octanol–water partition coefficient (Wildman–Crippen LogP) is 4.07. The monoisotopic (exact) mass is 303 g/mol. The van der Waals surface area contributed by atoms with Crippen LogP contribution in [0.1, 0.15) is 40.2 Å². The van der Waals surface area contributed by atoms with Gasteiger partial charge >= 0.3 is 6.09 Å². The van der Waals surface area contributed by atoms with Crippen molar-refractivity contribution < 1.29 is 14.3 Å². The summed E-state index contributed by atoms with van der Waals surface area (Å²) in [5.74, 6) is 0. The number of hydrogen-bond donors (Lipinski definition) is 0. The minimum absolute atomic E-state index is 0.134. The smallest absolute Gasteiger partial charge is 0.413 e.